The van der Waals surface area contributed by atoms with E-state index in [4.69, 9.17) is 5.11 Å². The predicted octanol–water partition coefficient (Wildman–Crippen LogP) is 1.07. The maximum atomic E-state index is 11.8. The second-order valence-electron chi connectivity index (χ2n) is 5.23. The summed E-state index contributed by atoms with van der Waals surface area (Å²) in [5.41, 5.74) is 0. The first kappa shape index (κ1) is 16.0. The van der Waals surface area contributed by atoms with Gasteiger partial charge in [0.25, 0.3) is 0 Å². The van der Waals surface area contributed by atoms with E-state index in [1.807, 2.05) is 31.5 Å². The highest BCUT2D eigenvalue weighted by molar-refractivity contribution is 5.76. The molecule has 20 heavy (non-hydrogen) atoms. The van der Waals surface area contributed by atoms with Crippen molar-refractivity contribution >= 4 is 12.0 Å². The van der Waals surface area contributed by atoms with Gasteiger partial charge in [-0.1, -0.05) is 13.8 Å². The van der Waals surface area contributed by atoms with Gasteiger partial charge in [-0.2, -0.15) is 0 Å². The molecule has 2 atom stereocenters. The van der Waals surface area contributed by atoms with Gasteiger partial charge in [0.05, 0.1) is 12.7 Å². The van der Waals surface area contributed by atoms with Gasteiger partial charge in [0.1, 0.15) is 0 Å². The summed E-state index contributed by atoms with van der Waals surface area (Å²) in [5, 5.41) is 14.3. The maximum absolute atomic E-state index is 11.8. The standard InChI is InChI=1S/C13H22N4O3/c1-9(2)11(6-12(18)19)16-13(20)15-10(3)7-17-5-4-14-8-17/h4-5,8-11H,6-7H2,1-3H3,(H,18,19)(H2,15,16,20). The topological polar surface area (TPSA) is 96.3 Å². The predicted molar refractivity (Wildman–Crippen MR) is 74.2 cm³/mol. The molecule has 1 heterocycles. The van der Waals surface area contributed by atoms with Crippen LogP contribution in [0, 0.1) is 5.92 Å². The number of carbonyl (C=O) groups excluding carboxylic acids is 1. The van der Waals surface area contributed by atoms with E-state index in [0.717, 1.165) is 0 Å². The molecule has 0 saturated heterocycles. The molecule has 0 fully saturated rings. The van der Waals surface area contributed by atoms with E-state index in [1.54, 1.807) is 12.5 Å². The minimum Gasteiger partial charge on any atom is -0.481 e. The Labute approximate surface area is 118 Å². The summed E-state index contributed by atoms with van der Waals surface area (Å²) in [6.45, 7) is 6.24. The zero-order valence-electron chi connectivity index (χ0n) is 12.0. The number of nitrogens with one attached hydrogen (secondary N) is 2. The van der Waals surface area contributed by atoms with E-state index in [1.165, 1.54) is 0 Å². The normalized spacial score (nSPS) is 13.8. The van der Waals surface area contributed by atoms with Gasteiger partial charge in [-0.05, 0) is 12.8 Å². The van der Waals surface area contributed by atoms with Gasteiger partial charge in [-0.3, -0.25) is 4.79 Å². The first-order valence-electron chi connectivity index (χ1n) is 6.63. The lowest BCUT2D eigenvalue weighted by Gasteiger charge is -2.22. The lowest BCUT2D eigenvalue weighted by Crippen LogP contribution is -2.48. The number of carbonyl (C=O) groups is 2. The Bertz CT molecular complexity index is 431. The molecule has 0 aromatic carbocycles. The molecule has 2 amide bonds. The van der Waals surface area contributed by atoms with Crippen molar-refractivity contribution in [2.24, 2.45) is 5.92 Å². The van der Waals surface area contributed by atoms with Crippen LogP contribution in [0.3, 0.4) is 0 Å². The molecule has 0 spiro atoms. The Morgan fingerprint density at radius 1 is 1.30 bits per heavy atom. The second-order valence-corrected chi connectivity index (χ2v) is 5.23. The number of carboxylic acid groups (broad SMARTS) is 1. The van der Waals surface area contributed by atoms with Crippen LogP contribution < -0.4 is 10.6 Å². The van der Waals surface area contributed by atoms with Gasteiger partial charge in [0.15, 0.2) is 0 Å². The molecule has 0 aliphatic rings. The molecule has 0 aliphatic heterocycles. The van der Waals surface area contributed by atoms with Crippen molar-refractivity contribution in [1.82, 2.24) is 20.2 Å². The number of aliphatic carboxylic acids is 1. The van der Waals surface area contributed by atoms with Crippen molar-refractivity contribution in [2.45, 2.75) is 45.8 Å². The van der Waals surface area contributed by atoms with E-state index in [2.05, 4.69) is 15.6 Å². The van der Waals surface area contributed by atoms with E-state index in [0.29, 0.717) is 6.54 Å². The first-order valence-corrected chi connectivity index (χ1v) is 6.63. The number of aromatic nitrogens is 2. The fourth-order valence-electron chi connectivity index (χ4n) is 1.83. The number of nitrogens with zero attached hydrogens (tertiary/aromatic N) is 2. The van der Waals surface area contributed by atoms with Crippen LogP contribution in [-0.4, -0.2) is 38.7 Å². The van der Waals surface area contributed by atoms with Crippen molar-refractivity contribution < 1.29 is 14.7 Å². The van der Waals surface area contributed by atoms with E-state index >= 15 is 0 Å². The Morgan fingerprint density at radius 2 is 2.00 bits per heavy atom. The van der Waals surface area contributed by atoms with Crippen LogP contribution in [0.15, 0.2) is 18.7 Å². The van der Waals surface area contributed by atoms with E-state index in [-0.39, 0.29) is 30.5 Å². The minimum atomic E-state index is -0.921. The van der Waals surface area contributed by atoms with Crippen LogP contribution in [0.4, 0.5) is 4.79 Å². The molecule has 0 radical (unpaired) electrons. The fraction of sp³-hybridized carbons (Fsp3) is 0.615. The highest BCUT2D eigenvalue weighted by Crippen LogP contribution is 2.06. The average Bonchev–Trinajstić information content (AvgIpc) is 2.79. The number of urea groups is 1. The van der Waals surface area contributed by atoms with Crippen LogP contribution >= 0.6 is 0 Å². The summed E-state index contributed by atoms with van der Waals surface area (Å²) in [6.07, 6.45) is 5.09. The number of amides is 2. The molecule has 7 nitrogen and oxygen atoms in total. The average molecular weight is 282 g/mol. The summed E-state index contributed by atoms with van der Waals surface area (Å²) < 4.78 is 1.86. The van der Waals surface area contributed by atoms with Crippen molar-refractivity contribution in [3.8, 4) is 0 Å². The number of rotatable bonds is 7. The highest BCUT2D eigenvalue weighted by atomic mass is 16.4. The molecule has 0 saturated carbocycles. The third-order valence-corrected chi connectivity index (χ3v) is 2.94. The number of hydrogen-bond acceptors (Lipinski definition) is 3. The second kappa shape index (κ2) is 7.52. The summed E-state index contributed by atoms with van der Waals surface area (Å²) in [5.74, 6) is -0.865. The lowest BCUT2D eigenvalue weighted by atomic mass is 10.0. The molecular formula is C13H22N4O3. The Kier molecular flexibility index (Phi) is 6.02. The van der Waals surface area contributed by atoms with Gasteiger partial charge >= 0.3 is 12.0 Å². The zero-order chi connectivity index (χ0) is 15.1. The van der Waals surface area contributed by atoms with Gasteiger partial charge in [0, 0.05) is 31.0 Å². The maximum Gasteiger partial charge on any atom is 0.315 e. The minimum absolute atomic E-state index is 0.0563. The summed E-state index contributed by atoms with van der Waals surface area (Å²) in [4.78, 5) is 26.5. The quantitative estimate of drug-likeness (QED) is 0.697. The molecule has 1 aromatic rings. The molecule has 3 N–H and O–H groups in total. The van der Waals surface area contributed by atoms with Crippen molar-refractivity contribution in [3.05, 3.63) is 18.7 Å². The van der Waals surface area contributed by atoms with Gasteiger partial charge in [-0.15, -0.1) is 0 Å². The van der Waals surface area contributed by atoms with Crippen molar-refractivity contribution in [3.63, 3.8) is 0 Å². The van der Waals surface area contributed by atoms with E-state index < -0.39 is 5.97 Å². The van der Waals surface area contributed by atoms with Crippen molar-refractivity contribution in [2.75, 3.05) is 0 Å². The van der Waals surface area contributed by atoms with Crippen LogP contribution in [0.2, 0.25) is 0 Å². The van der Waals surface area contributed by atoms with Crippen LogP contribution in [0.25, 0.3) is 0 Å². The monoisotopic (exact) mass is 282 g/mol. The largest absolute Gasteiger partial charge is 0.481 e. The summed E-state index contributed by atoms with van der Waals surface area (Å²) >= 11 is 0. The molecule has 2 unspecified atom stereocenters. The number of carboxylic acids is 1. The Morgan fingerprint density at radius 3 is 2.50 bits per heavy atom. The first-order chi connectivity index (χ1) is 9.38. The third kappa shape index (κ3) is 5.73. The smallest absolute Gasteiger partial charge is 0.315 e. The Hall–Kier alpha value is -2.05. The SMILES string of the molecule is CC(Cn1ccnc1)NC(=O)NC(CC(=O)O)C(C)C. The van der Waals surface area contributed by atoms with Crippen molar-refractivity contribution in [1.29, 1.82) is 0 Å². The number of imidazole rings is 1. The molecule has 112 valence electrons. The molecular weight excluding hydrogens is 260 g/mol. The molecule has 0 bridgehead atoms. The third-order valence-electron chi connectivity index (χ3n) is 2.94. The fourth-order valence-corrected chi connectivity index (χ4v) is 1.83. The molecule has 1 aromatic heterocycles. The van der Waals surface area contributed by atoms with Gasteiger partial charge < -0.3 is 20.3 Å². The molecule has 0 aliphatic carbocycles. The summed E-state index contributed by atoms with van der Waals surface area (Å²) in [6, 6.07) is -0.813. The number of hydrogen-bond donors (Lipinski definition) is 3. The van der Waals surface area contributed by atoms with Crippen LogP contribution in [0.1, 0.15) is 27.2 Å². The molecule has 7 heteroatoms. The lowest BCUT2D eigenvalue weighted by molar-refractivity contribution is -0.137. The zero-order valence-corrected chi connectivity index (χ0v) is 12.0. The van der Waals surface area contributed by atoms with Crippen LogP contribution in [0.5, 0.6) is 0 Å². The highest BCUT2D eigenvalue weighted by Gasteiger charge is 2.20. The summed E-state index contributed by atoms with van der Waals surface area (Å²) in [7, 11) is 0. The van der Waals surface area contributed by atoms with Gasteiger partial charge in [-0.25, -0.2) is 9.78 Å². The molecule has 1 rings (SSSR count). The van der Waals surface area contributed by atoms with Gasteiger partial charge in [0.2, 0.25) is 0 Å². The van der Waals surface area contributed by atoms with Crippen LogP contribution in [-0.2, 0) is 11.3 Å². The van der Waals surface area contributed by atoms with E-state index in [9.17, 15) is 9.59 Å². The Balaban J connectivity index is 2.42.